The Morgan fingerprint density at radius 2 is 1.67 bits per heavy atom. The number of halogens is 4. The predicted octanol–water partition coefficient (Wildman–Crippen LogP) is 5.21. The van der Waals surface area contributed by atoms with Gasteiger partial charge in [-0.05, 0) is 36.2 Å². The molecule has 1 N–H and O–H groups in total. The largest absolute Gasteiger partial charge is 0.416 e. The summed E-state index contributed by atoms with van der Waals surface area (Å²) in [7, 11) is 0. The van der Waals surface area contributed by atoms with Crippen LogP contribution in [-0.2, 0) is 12.7 Å². The Labute approximate surface area is 126 Å². The van der Waals surface area contributed by atoms with E-state index in [0.717, 1.165) is 23.3 Å². The number of rotatable bonds is 4. The van der Waals surface area contributed by atoms with E-state index in [2.05, 4.69) is 5.32 Å². The number of hydrogen-bond acceptors (Lipinski definition) is 1. The first-order valence-electron chi connectivity index (χ1n) is 6.52. The Morgan fingerprint density at radius 1 is 1.05 bits per heavy atom. The average Bonchev–Trinajstić information content (AvgIpc) is 2.45. The van der Waals surface area contributed by atoms with Crippen LogP contribution in [-0.4, -0.2) is 0 Å². The van der Waals surface area contributed by atoms with Crippen molar-refractivity contribution >= 4 is 11.6 Å². The quantitative estimate of drug-likeness (QED) is 0.817. The molecule has 21 heavy (non-hydrogen) atoms. The van der Waals surface area contributed by atoms with E-state index in [9.17, 15) is 13.2 Å². The monoisotopic (exact) mass is 313 g/mol. The van der Waals surface area contributed by atoms with Gasteiger partial charge in [-0.1, -0.05) is 41.9 Å². The van der Waals surface area contributed by atoms with Crippen molar-refractivity contribution in [3.8, 4) is 0 Å². The fraction of sp³-hybridized carbons (Fsp3) is 0.250. The van der Waals surface area contributed by atoms with Gasteiger partial charge in [0.05, 0.1) is 5.56 Å². The lowest BCUT2D eigenvalue weighted by Crippen LogP contribution is -2.18. The molecule has 0 fully saturated rings. The smallest absolute Gasteiger partial charge is 0.306 e. The second kappa shape index (κ2) is 6.50. The van der Waals surface area contributed by atoms with E-state index in [1.54, 1.807) is 0 Å². The molecule has 0 heterocycles. The lowest BCUT2D eigenvalue weighted by atomic mass is 10.1. The fourth-order valence-corrected chi connectivity index (χ4v) is 2.32. The second-order valence-corrected chi connectivity index (χ2v) is 5.23. The average molecular weight is 314 g/mol. The van der Waals surface area contributed by atoms with E-state index in [-0.39, 0.29) is 6.04 Å². The van der Waals surface area contributed by atoms with Gasteiger partial charge in [-0.2, -0.15) is 13.2 Å². The van der Waals surface area contributed by atoms with Crippen molar-refractivity contribution in [1.82, 2.24) is 5.32 Å². The molecule has 0 aliphatic carbocycles. The number of benzene rings is 2. The van der Waals surface area contributed by atoms with Crippen molar-refractivity contribution in [2.24, 2.45) is 0 Å². The van der Waals surface area contributed by atoms with Crippen LogP contribution in [0.25, 0.3) is 0 Å². The molecule has 0 spiro atoms. The van der Waals surface area contributed by atoms with Crippen LogP contribution in [0.15, 0.2) is 48.5 Å². The Bertz CT molecular complexity index is 593. The first kappa shape index (κ1) is 15.9. The molecule has 0 saturated carbocycles. The van der Waals surface area contributed by atoms with Gasteiger partial charge in [-0.25, -0.2) is 0 Å². The van der Waals surface area contributed by atoms with Crippen molar-refractivity contribution in [1.29, 1.82) is 0 Å². The minimum Gasteiger partial charge on any atom is -0.306 e. The Kier molecular flexibility index (Phi) is 4.91. The summed E-state index contributed by atoms with van der Waals surface area (Å²) in [6.07, 6.45) is -4.29. The first-order valence-corrected chi connectivity index (χ1v) is 6.89. The van der Waals surface area contributed by atoms with Gasteiger partial charge >= 0.3 is 6.18 Å². The Morgan fingerprint density at radius 3 is 2.24 bits per heavy atom. The van der Waals surface area contributed by atoms with Crippen LogP contribution < -0.4 is 5.32 Å². The van der Waals surface area contributed by atoms with E-state index in [0.29, 0.717) is 11.6 Å². The van der Waals surface area contributed by atoms with Crippen molar-refractivity contribution in [3.63, 3.8) is 0 Å². The maximum atomic E-state index is 12.5. The normalized spacial score (nSPS) is 13.2. The maximum absolute atomic E-state index is 12.5. The molecule has 0 radical (unpaired) electrons. The summed E-state index contributed by atoms with van der Waals surface area (Å²) in [6.45, 7) is 2.44. The van der Waals surface area contributed by atoms with Crippen LogP contribution in [0.4, 0.5) is 13.2 Å². The van der Waals surface area contributed by atoms with Gasteiger partial charge in [0, 0.05) is 17.6 Å². The number of nitrogens with one attached hydrogen (secondary N) is 1. The summed E-state index contributed by atoms with van der Waals surface area (Å²) in [4.78, 5) is 0. The second-order valence-electron chi connectivity index (χ2n) is 4.82. The van der Waals surface area contributed by atoms with Crippen molar-refractivity contribution in [2.45, 2.75) is 25.7 Å². The van der Waals surface area contributed by atoms with Gasteiger partial charge in [-0.15, -0.1) is 0 Å². The maximum Gasteiger partial charge on any atom is 0.416 e. The minimum atomic E-state index is -4.29. The summed E-state index contributed by atoms with van der Waals surface area (Å²) in [5, 5.41) is 3.92. The first-order chi connectivity index (χ1) is 9.88. The lowest BCUT2D eigenvalue weighted by Gasteiger charge is -2.16. The Balaban J connectivity index is 1.99. The zero-order chi connectivity index (χ0) is 15.5. The van der Waals surface area contributed by atoms with Gasteiger partial charge in [0.25, 0.3) is 0 Å². The van der Waals surface area contributed by atoms with Crippen molar-refractivity contribution in [3.05, 3.63) is 70.2 Å². The van der Waals surface area contributed by atoms with Crippen molar-refractivity contribution in [2.75, 3.05) is 0 Å². The molecule has 0 aliphatic heterocycles. The van der Waals surface area contributed by atoms with Crippen molar-refractivity contribution < 1.29 is 13.2 Å². The molecule has 2 aromatic rings. The molecular weight excluding hydrogens is 299 g/mol. The summed E-state index contributed by atoms with van der Waals surface area (Å²) < 4.78 is 37.4. The van der Waals surface area contributed by atoms with Crippen LogP contribution >= 0.6 is 11.6 Å². The molecule has 2 rings (SSSR count). The predicted molar refractivity (Wildman–Crippen MR) is 78.2 cm³/mol. The number of hydrogen-bond donors (Lipinski definition) is 1. The summed E-state index contributed by atoms with van der Waals surface area (Å²) in [5.74, 6) is 0. The van der Waals surface area contributed by atoms with E-state index < -0.39 is 11.7 Å². The van der Waals surface area contributed by atoms with Crippen LogP contribution in [0.2, 0.25) is 5.02 Å². The molecule has 0 amide bonds. The van der Waals surface area contributed by atoms with Gasteiger partial charge < -0.3 is 5.32 Å². The third-order valence-electron chi connectivity index (χ3n) is 3.27. The van der Waals surface area contributed by atoms with Gasteiger partial charge in [0.2, 0.25) is 0 Å². The molecule has 0 aromatic heterocycles. The molecule has 5 heteroatoms. The molecule has 112 valence electrons. The van der Waals surface area contributed by atoms with Gasteiger partial charge in [0.15, 0.2) is 0 Å². The third-order valence-corrected chi connectivity index (χ3v) is 3.61. The van der Waals surface area contributed by atoms with Crippen LogP contribution in [0, 0.1) is 0 Å². The molecule has 0 saturated heterocycles. The summed E-state index contributed by atoms with van der Waals surface area (Å²) in [5.41, 5.74) is 1.12. The van der Waals surface area contributed by atoms with Gasteiger partial charge in [-0.3, -0.25) is 0 Å². The third kappa shape index (κ3) is 4.22. The fourth-order valence-electron chi connectivity index (χ4n) is 2.02. The van der Waals surface area contributed by atoms with Crippen LogP contribution in [0.5, 0.6) is 0 Å². The molecule has 0 aliphatic rings. The van der Waals surface area contributed by atoms with Gasteiger partial charge in [0.1, 0.15) is 0 Å². The van der Waals surface area contributed by atoms with E-state index in [1.165, 1.54) is 12.1 Å². The van der Waals surface area contributed by atoms with E-state index >= 15 is 0 Å². The SMILES string of the molecule is CC(NCc1ccc(C(F)(F)F)cc1)c1ccccc1Cl. The van der Waals surface area contributed by atoms with E-state index in [4.69, 9.17) is 11.6 Å². The molecule has 1 atom stereocenters. The minimum absolute atomic E-state index is 0.0148. The van der Waals surface area contributed by atoms with Crippen LogP contribution in [0.3, 0.4) is 0 Å². The van der Waals surface area contributed by atoms with Crippen LogP contribution in [0.1, 0.15) is 29.7 Å². The lowest BCUT2D eigenvalue weighted by molar-refractivity contribution is -0.137. The number of alkyl halides is 3. The molecular formula is C16H15ClF3N. The highest BCUT2D eigenvalue weighted by Crippen LogP contribution is 2.29. The highest BCUT2D eigenvalue weighted by Gasteiger charge is 2.29. The van der Waals surface area contributed by atoms with E-state index in [1.807, 2.05) is 31.2 Å². The highest BCUT2D eigenvalue weighted by molar-refractivity contribution is 6.31. The topological polar surface area (TPSA) is 12.0 Å². The molecule has 2 aromatic carbocycles. The molecule has 0 bridgehead atoms. The standard InChI is InChI=1S/C16H15ClF3N/c1-11(14-4-2-3-5-15(14)17)21-10-12-6-8-13(9-7-12)16(18,19)20/h2-9,11,21H,10H2,1H3. The Hall–Kier alpha value is -1.52. The summed E-state index contributed by atoms with van der Waals surface area (Å²) >= 11 is 6.11. The summed E-state index contributed by atoms with van der Waals surface area (Å²) in [6, 6.07) is 12.7. The molecule has 1 unspecified atom stereocenters. The highest BCUT2D eigenvalue weighted by atomic mass is 35.5. The zero-order valence-electron chi connectivity index (χ0n) is 11.4. The molecule has 1 nitrogen and oxygen atoms in total. The zero-order valence-corrected chi connectivity index (χ0v) is 12.2.